The molecule has 0 aliphatic heterocycles. The van der Waals surface area contributed by atoms with Gasteiger partial charge in [0, 0.05) is 11.6 Å². The van der Waals surface area contributed by atoms with Crippen molar-refractivity contribution in [2.45, 2.75) is 13.1 Å². The minimum atomic E-state index is -4.79. The monoisotopic (exact) mass is 263 g/mol. The van der Waals surface area contributed by atoms with Gasteiger partial charge in [-0.25, -0.2) is 4.79 Å². The van der Waals surface area contributed by atoms with Crippen molar-refractivity contribution in [3.8, 4) is 0 Å². The lowest BCUT2D eigenvalue weighted by Gasteiger charge is -2.12. The molecule has 1 aromatic rings. The molecule has 0 bridgehead atoms. The van der Waals surface area contributed by atoms with E-state index in [2.05, 4.69) is 4.74 Å². The molecule has 0 unspecified atom stereocenters. The molecule has 0 saturated heterocycles. The van der Waals surface area contributed by atoms with Crippen molar-refractivity contribution in [1.82, 2.24) is 0 Å². The van der Waals surface area contributed by atoms with E-state index in [1.165, 1.54) is 0 Å². The van der Waals surface area contributed by atoms with Crippen molar-refractivity contribution in [2.75, 3.05) is 7.11 Å². The van der Waals surface area contributed by atoms with Crippen molar-refractivity contribution < 1.29 is 27.6 Å². The number of rotatable bonds is 2. The maximum Gasteiger partial charge on any atom is 0.417 e. The van der Waals surface area contributed by atoms with Gasteiger partial charge in [0.25, 0.3) is 5.69 Å². The zero-order valence-electron chi connectivity index (χ0n) is 9.37. The van der Waals surface area contributed by atoms with E-state index in [0.717, 1.165) is 14.0 Å². The van der Waals surface area contributed by atoms with E-state index in [0.29, 0.717) is 12.1 Å². The molecule has 0 fully saturated rings. The van der Waals surface area contributed by atoms with Gasteiger partial charge in [0.05, 0.1) is 23.2 Å². The Morgan fingerprint density at radius 1 is 1.39 bits per heavy atom. The summed E-state index contributed by atoms with van der Waals surface area (Å²) in [6.07, 6.45) is -4.79. The van der Waals surface area contributed by atoms with Gasteiger partial charge in [0.2, 0.25) is 0 Å². The van der Waals surface area contributed by atoms with Crippen molar-refractivity contribution in [3.63, 3.8) is 0 Å². The highest BCUT2D eigenvalue weighted by molar-refractivity contribution is 5.92. The second-order valence-electron chi connectivity index (χ2n) is 3.43. The van der Waals surface area contributed by atoms with Crippen LogP contribution in [-0.4, -0.2) is 18.0 Å². The zero-order chi connectivity index (χ0) is 14.1. The van der Waals surface area contributed by atoms with Gasteiger partial charge in [0.15, 0.2) is 0 Å². The number of esters is 1. The maximum atomic E-state index is 12.7. The van der Waals surface area contributed by atoms with Crippen molar-refractivity contribution in [1.29, 1.82) is 0 Å². The minimum Gasteiger partial charge on any atom is -0.465 e. The molecule has 0 amide bonds. The fourth-order valence-electron chi connectivity index (χ4n) is 1.41. The van der Waals surface area contributed by atoms with Crippen molar-refractivity contribution in [2.24, 2.45) is 0 Å². The Balaban J connectivity index is 3.57. The number of carbonyl (C=O) groups excluding carboxylic acids is 1. The summed E-state index contributed by atoms with van der Waals surface area (Å²) < 4.78 is 42.2. The molecule has 1 rings (SSSR count). The van der Waals surface area contributed by atoms with Gasteiger partial charge in [-0.15, -0.1) is 0 Å². The number of aryl methyl sites for hydroxylation is 1. The number of methoxy groups -OCH3 is 1. The predicted octanol–water partition coefficient (Wildman–Crippen LogP) is 2.71. The molecule has 0 atom stereocenters. The lowest BCUT2D eigenvalue weighted by molar-refractivity contribution is -0.385. The van der Waals surface area contributed by atoms with Crippen LogP contribution >= 0.6 is 0 Å². The number of alkyl halides is 3. The number of ether oxygens (including phenoxy) is 1. The molecule has 0 radical (unpaired) electrons. The van der Waals surface area contributed by atoms with Crippen LogP contribution in [0.25, 0.3) is 0 Å². The molecule has 0 N–H and O–H groups in total. The van der Waals surface area contributed by atoms with E-state index < -0.39 is 33.9 Å². The molecule has 8 heteroatoms. The number of hydrogen-bond donors (Lipinski definition) is 0. The van der Waals surface area contributed by atoms with Crippen LogP contribution in [0.2, 0.25) is 0 Å². The second-order valence-corrected chi connectivity index (χ2v) is 3.43. The van der Waals surface area contributed by atoms with Crippen LogP contribution in [0.1, 0.15) is 21.5 Å². The van der Waals surface area contributed by atoms with Gasteiger partial charge < -0.3 is 4.74 Å². The van der Waals surface area contributed by atoms with Crippen LogP contribution in [0.15, 0.2) is 12.1 Å². The first-order chi connectivity index (χ1) is 8.18. The van der Waals surface area contributed by atoms with Crippen molar-refractivity contribution in [3.05, 3.63) is 38.9 Å². The normalized spacial score (nSPS) is 11.2. The largest absolute Gasteiger partial charge is 0.465 e. The molecule has 0 aliphatic rings. The predicted molar refractivity (Wildman–Crippen MR) is 54.2 cm³/mol. The van der Waals surface area contributed by atoms with Gasteiger partial charge in [-0.2, -0.15) is 13.2 Å². The topological polar surface area (TPSA) is 69.4 Å². The van der Waals surface area contributed by atoms with Gasteiger partial charge in [0.1, 0.15) is 0 Å². The number of nitro benzene ring substituents is 1. The van der Waals surface area contributed by atoms with E-state index in [1.54, 1.807) is 0 Å². The Labute approximate surface area is 99.3 Å². The first kappa shape index (κ1) is 13.9. The van der Waals surface area contributed by atoms with E-state index in [1.807, 2.05) is 0 Å². The average Bonchev–Trinajstić information content (AvgIpc) is 2.26. The minimum absolute atomic E-state index is 0.181. The standard InChI is InChI=1S/C10H8F3NO4/c1-5-3-7(10(11,12)13)6(9(15)18-2)4-8(5)14(16)17/h3-4H,1-2H3. The SMILES string of the molecule is COC(=O)c1cc([N+](=O)[O-])c(C)cc1C(F)(F)F. The number of nitrogens with zero attached hydrogens (tertiary/aromatic N) is 1. The Morgan fingerprint density at radius 3 is 2.33 bits per heavy atom. The summed E-state index contributed by atoms with van der Waals surface area (Å²) >= 11 is 0. The van der Waals surface area contributed by atoms with E-state index in [9.17, 15) is 28.1 Å². The van der Waals surface area contributed by atoms with Crippen LogP contribution in [0.4, 0.5) is 18.9 Å². The van der Waals surface area contributed by atoms with Gasteiger partial charge >= 0.3 is 12.1 Å². The number of halogens is 3. The lowest BCUT2D eigenvalue weighted by atomic mass is 10.0. The molecule has 5 nitrogen and oxygen atoms in total. The molecule has 0 spiro atoms. The highest BCUT2D eigenvalue weighted by Gasteiger charge is 2.37. The summed E-state index contributed by atoms with van der Waals surface area (Å²) in [6.45, 7) is 1.16. The number of hydrogen-bond acceptors (Lipinski definition) is 4. The molecule has 98 valence electrons. The maximum absolute atomic E-state index is 12.7. The summed E-state index contributed by atoms with van der Waals surface area (Å²) in [4.78, 5) is 21.0. The summed E-state index contributed by atoms with van der Waals surface area (Å²) in [7, 11) is 0.897. The Bertz CT molecular complexity index is 511. The molecule has 1 aromatic carbocycles. The fourth-order valence-corrected chi connectivity index (χ4v) is 1.41. The fraction of sp³-hybridized carbons (Fsp3) is 0.300. The van der Waals surface area contributed by atoms with Crippen molar-refractivity contribution >= 4 is 11.7 Å². The molecule has 0 aliphatic carbocycles. The zero-order valence-corrected chi connectivity index (χ0v) is 9.37. The summed E-state index contributed by atoms with van der Waals surface area (Å²) in [5.74, 6) is -1.27. The Hall–Kier alpha value is -2.12. The Morgan fingerprint density at radius 2 is 1.94 bits per heavy atom. The highest BCUT2D eigenvalue weighted by atomic mass is 19.4. The van der Waals surface area contributed by atoms with E-state index in [4.69, 9.17) is 0 Å². The highest BCUT2D eigenvalue weighted by Crippen LogP contribution is 2.35. The molecule has 0 heterocycles. The number of nitro groups is 1. The van der Waals surface area contributed by atoms with Crippen LogP contribution in [0, 0.1) is 17.0 Å². The van der Waals surface area contributed by atoms with Gasteiger partial charge in [-0.1, -0.05) is 0 Å². The smallest absolute Gasteiger partial charge is 0.417 e. The quantitative estimate of drug-likeness (QED) is 0.467. The van der Waals surface area contributed by atoms with E-state index in [-0.39, 0.29) is 5.56 Å². The molecular formula is C10H8F3NO4. The molecule has 0 saturated carbocycles. The Kier molecular flexibility index (Phi) is 3.59. The number of benzene rings is 1. The average molecular weight is 263 g/mol. The van der Waals surface area contributed by atoms with Crippen LogP contribution in [-0.2, 0) is 10.9 Å². The van der Waals surface area contributed by atoms with Gasteiger partial charge in [-0.3, -0.25) is 10.1 Å². The lowest BCUT2D eigenvalue weighted by Crippen LogP contribution is -2.15. The summed E-state index contributed by atoms with van der Waals surface area (Å²) in [5.41, 5.74) is -2.87. The summed E-state index contributed by atoms with van der Waals surface area (Å²) in [6, 6.07) is 1.13. The summed E-state index contributed by atoms with van der Waals surface area (Å²) in [5, 5.41) is 10.6. The van der Waals surface area contributed by atoms with E-state index >= 15 is 0 Å². The third-order valence-electron chi connectivity index (χ3n) is 2.24. The second kappa shape index (κ2) is 4.63. The third kappa shape index (κ3) is 2.58. The molecular weight excluding hydrogens is 255 g/mol. The molecule has 18 heavy (non-hydrogen) atoms. The van der Waals surface area contributed by atoms with Crippen LogP contribution < -0.4 is 0 Å². The first-order valence-corrected chi connectivity index (χ1v) is 4.63. The van der Waals surface area contributed by atoms with Crippen LogP contribution in [0.3, 0.4) is 0 Å². The first-order valence-electron chi connectivity index (χ1n) is 4.63. The number of carbonyl (C=O) groups is 1. The van der Waals surface area contributed by atoms with Gasteiger partial charge in [-0.05, 0) is 13.0 Å². The third-order valence-corrected chi connectivity index (χ3v) is 2.24. The molecule has 0 aromatic heterocycles. The van der Waals surface area contributed by atoms with Crippen LogP contribution in [0.5, 0.6) is 0 Å².